The molecular formula is C17H22ClNO6. The molecule has 1 aromatic rings. The Hall–Kier alpha value is -2.28. The first kappa shape index (κ1) is 20.8. The van der Waals surface area contributed by atoms with E-state index in [0.29, 0.717) is 5.02 Å². The minimum absolute atomic E-state index is 0.133. The summed E-state index contributed by atoms with van der Waals surface area (Å²) in [5.41, 5.74) is 0.745. The Morgan fingerprint density at radius 2 is 1.88 bits per heavy atom. The lowest BCUT2D eigenvalue weighted by Gasteiger charge is -2.17. The second kappa shape index (κ2) is 9.88. The maximum absolute atomic E-state index is 11.7. The van der Waals surface area contributed by atoms with Crippen molar-refractivity contribution in [3.63, 3.8) is 0 Å². The first-order valence-electron chi connectivity index (χ1n) is 7.81. The predicted octanol–water partition coefficient (Wildman–Crippen LogP) is 2.85. The third-order valence-corrected chi connectivity index (χ3v) is 3.47. The molecule has 0 saturated carbocycles. The molecule has 1 amide bonds. The molecule has 0 spiro atoms. The first-order valence-corrected chi connectivity index (χ1v) is 8.19. The number of aliphatic carboxylic acids is 1. The fraction of sp³-hybridized carbons (Fsp3) is 0.471. The number of carbonyl (C=O) groups excluding carboxylic acids is 2. The number of benzene rings is 1. The third kappa shape index (κ3) is 7.89. The molecule has 0 heterocycles. The van der Waals surface area contributed by atoms with E-state index in [9.17, 15) is 19.5 Å². The van der Waals surface area contributed by atoms with Crippen LogP contribution in [0.5, 0.6) is 0 Å². The highest BCUT2D eigenvalue weighted by Crippen LogP contribution is 2.14. The van der Waals surface area contributed by atoms with Crippen molar-refractivity contribution in [1.29, 1.82) is 0 Å². The van der Waals surface area contributed by atoms with Crippen LogP contribution in [-0.4, -0.2) is 36.0 Å². The molecule has 0 aromatic heterocycles. The quantitative estimate of drug-likeness (QED) is 0.538. The van der Waals surface area contributed by atoms with Gasteiger partial charge in [0.1, 0.15) is 0 Å². The smallest absolute Gasteiger partial charge is 0.410 e. The lowest BCUT2D eigenvalue weighted by Crippen LogP contribution is -2.36. The van der Waals surface area contributed by atoms with E-state index in [-0.39, 0.29) is 18.9 Å². The van der Waals surface area contributed by atoms with Crippen LogP contribution in [0.3, 0.4) is 0 Å². The summed E-state index contributed by atoms with van der Waals surface area (Å²) in [6, 6.07) is 6.84. The van der Waals surface area contributed by atoms with Gasteiger partial charge in [0, 0.05) is 18.5 Å². The second-order valence-electron chi connectivity index (χ2n) is 5.81. The van der Waals surface area contributed by atoms with Gasteiger partial charge < -0.3 is 19.9 Å². The molecule has 0 unspecified atom stereocenters. The molecule has 8 heteroatoms. The third-order valence-electron chi connectivity index (χ3n) is 3.24. The van der Waals surface area contributed by atoms with E-state index in [0.717, 1.165) is 5.56 Å². The van der Waals surface area contributed by atoms with Gasteiger partial charge in [0.25, 0.3) is 0 Å². The molecule has 0 radical (unpaired) electrons. The van der Waals surface area contributed by atoms with Gasteiger partial charge in [0.05, 0.1) is 11.8 Å². The highest BCUT2D eigenvalue weighted by molar-refractivity contribution is 6.30. The highest BCUT2D eigenvalue weighted by Gasteiger charge is 2.21. The van der Waals surface area contributed by atoms with Crippen LogP contribution in [0.25, 0.3) is 0 Å². The lowest BCUT2D eigenvalue weighted by atomic mass is 9.99. The number of carboxylic acids is 1. The van der Waals surface area contributed by atoms with Gasteiger partial charge in [-0.15, -0.1) is 0 Å². The zero-order valence-electron chi connectivity index (χ0n) is 14.3. The zero-order valence-corrected chi connectivity index (χ0v) is 15.1. The Labute approximate surface area is 151 Å². The molecular weight excluding hydrogens is 350 g/mol. The second-order valence-corrected chi connectivity index (χ2v) is 6.25. The molecule has 0 aliphatic carbocycles. The molecule has 25 heavy (non-hydrogen) atoms. The van der Waals surface area contributed by atoms with Gasteiger partial charge in [-0.3, -0.25) is 9.59 Å². The van der Waals surface area contributed by atoms with E-state index in [2.05, 4.69) is 5.32 Å². The number of halogens is 1. The van der Waals surface area contributed by atoms with Crippen molar-refractivity contribution in [2.45, 2.75) is 33.5 Å². The monoisotopic (exact) mass is 371 g/mol. The molecule has 0 aliphatic heterocycles. The molecule has 2 N–H and O–H groups in total. The summed E-state index contributed by atoms with van der Waals surface area (Å²) in [6.07, 6.45) is -1.72. The van der Waals surface area contributed by atoms with Crippen molar-refractivity contribution in [3.05, 3.63) is 34.9 Å². The normalized spacial score (nSPS) is 13.0. The van der Waals surface area contributed by atoms with Gasteiger partial charge in [0.2, 0.25) is 6.29 Å². The summed E-state index contributed by atoms with van der Waals surface area (Å²) in [6.45, 7) is 4.58. The first-order chi connectivity index (χ1) is 11.7. The predicted molar refractivity (Wildman–Crippen MR) is 91.2 cm³/mol. The molecule has 0 aliphatic rings. The molecule has 7 nitrogen and oxygen atoms in total. The minimum atomic E-state index is -1.06. The number of carbonyl (C=O) groups is 3. The molecule has 1 rings (SSSR count). The average molecular weight is 372 g/mol. The van der Waals surface area contributed by atoms with Crippen molar-refractivity contribution in [3.8, 4) is 0 Å². The lowest BCUT2D eigenvalue weighted by molar-refractivity contribution is -0.168. The highest BCUT2D eigenvalue weighted by atomic mass is 35.5. The Bertz CT molecular complexity index is 619. The number of carboxylic acid groups (broad SMARTS) is 1. The number of hydrogen-bond donors (Lipinski definition) is 2. The summed E-state index contributed by atoms with van der Waals surface area (Å²) in [5.74, 6) is -2.74. The van der Waals surface area contributed by atoms with E-state index >= 15 is 0 Å². The van der Waals surface area contributed by atoms with Crippen LogP contribution in [0.1, 0.15) is 26.3 Å². The van der Waals surface area contributed by atoms with Gasteiger partial charge in [-0.2, -0.15) is 0 Å². The molecule has 0 fully saturated rings. The molecule has 2 atom stereocenters. The minimum Gasteiger partial charge on any atom is -0.481 e. The van der Waals surface area contributed by atoms with E-state index < -0.39 is 30.2 Å². The van der Waals surface area contributed by atoms with Gasteiger partial charge >= 0.3 is 18.0 Å². The SMILES string of the molecule is CC(C)C(=O)O[C@H](C)OC(=O)NC[C@H](Cc1cccc(Cl)c1)C(=O)O. The average Bonchev–Trinajstić information content (AvgIpc) is 2.50. The number of ether oxygens (including phenoxy) is 2. The topological polar surface area (TPSA) is 102 Å². The van der Waals surface area contributed by atoms with Crippen LogP contribution < -0.4 is 5.32 Å². The van der Waals surface area contributed by atoms with Crippen LogP contribution in [0, 0.1) is 11.8 Å². The standard InChI is InChI=1S/C17H22ClNO6/c1-10(2)16(22)24-11(3)25-17(23)19-9-13(15(20)21)7-12-5-4-6-14(18)8-12/h4-6,8,10-11,13H,7,9H2,1-3H3,(H,19,23)(H,20,21)/t11-,13-/m0/s1. The summed E-state index contributed by atoms with van der Waals surface area (Å²) in [5, 5.41) is 12.2. The van der Waals surface area contributed by atoms with Crippen LogP contribution in [-0.2, 0) is 25.5 Å². The summed E-state index contributed by atoms with van der Waals surface area (Å²) < 4.78 is 9.76. The van der Waals surface area contributed by atoms with Crippen molar-refractivity contribution in [2.75, 3.05) is 6.54 Å². The number of alkyl carbamates (subject to hydrolysis) is 1. The Morgan fingerprint density at radius 3 is 2.44 bits per heavy atom. The Kier molecular flexibility index (Phi) is 8.21. The van der Waals surface area contributed by atoms with Gasteiger partial charge in [-0.1, -0.05) is 37.6 Å². The molecule has 138 valence electrons. The maximum Gasteiger partial charge on any atom is 0.410 e. The molecule has 0 saturated heterocycles. The number of hydrogen-bond acceptors (Lipinski definition) is 5. The summed E-state index contributed by atoms with van der Waals surface area (Å²) >= 11 is 5.88. The molecule has 0 bridgehead atoms. The number of nitrogens with one attached hydrogen (secondary N) is 1. The van der Waals surface area contributed by atoms with Gasteiger partial charge in [0.15, 0.2) is 0 Å². The van der Waals surface area contributed by atoms with Crippen molar-refractivity contribution >= 4 is 29.6 Å². The number of amides is 1. The van der Waals surface area contributed by atoms with Crippen molar-refractivity contribution < 1.29 is 29.0 Å². The van der Waals surface area contributed by atoms with Gasteiger partial charge in [-0.25, -0.2) is 4.79 Å². The zero-order chi connectivity index (χ0) is 19.0. The van der Waals surface area contributed by atoms with Crippen molar-refractivity contribution in [1.82, 2.24) is 5.32 Å². The fourth-order valence-corrected chi connectivity index (χ4v) is 2.13. The van der Waals surface area contributed by atoms with E-state index in [4.69, 9.17) is 21.1 Å². The fourth-order valence-electron chi connectivity index (χ4n) is 1.92. The number of rotatable bonds is 8. The summed E-state index contributed by atoms with van der Waals surface area (Å²) in [4.78, 5) is 34.4. The van der Waals surface area contributed by atoms with E-state index in [1.54, 1.807) is 38.1 Å². The Balaban J connectivity index is 2.50. The van der Waals surface area contributed by atoms with E-state index in [1.807, 2.05) is 0 Å². The van der Waals surface area contributed by atoms with Crippen molar-refractivity contribution in [2.24, 2.45) is 11.8 Å². The Morgan fingerprint density at radius 1 is 1.20 bits per heavy atom. The summed E-state index contributed by atoms with van der Waals surface area (Å²) in [7, 11) is 0. The number of esters is 1. The van der Waals surface area contributed by atoms with Crippen LogP contribution >= 0.6 is 11.6 Å². The van der Waals surface area contributed by atoms with Gasteiger partial charge in [-0.05, 0) is 24.1 Å². The maximum atomic E-state index is 11.7. The largest absolute Gasteiger partial charge is 0.481 e. The van der Waals surface area contributed by atoms with E-state index in [1.165, 1.54) is 6.92 Å². The van der Waals surface area contributed by atoms with Crippen LogP contribution in [0.2, 0.25) is 5.02 Å². The molecule has 1 aromatic carbocycles. The van der Waals surface area contributed by atoms with Crippen LogP contribution in [0.15, 0.2) is 24.3 Å². The van der Waals surface area contributed by atoms with Crippen LogP contribution in [0.4, 0.5) is 4.79 Å².